The number of non-ortho nitro benzene ring substituents is 1. The Hall–Kier alpha value is -3.42. The van der Waals surface area contributed by atoms with E-state index < -0.39 is 11.0 Å². The Bertz CT molecular complexity index is 923. The number of carbonyl (C=O) groups excluding carboxylic acids is 2. The summed E-state index contributed by atoms with van der Waals surface area (Å²) in [6, 6.07) is 13.0. The number of benzene rings is 2. The highest BCUT2D eigenvalue weighted by Gasteiger charge is 2.21. The molecule has 8 heteroatoms. The zero-order valence-corrected chi connectivity index (χ0v) is 17.7. The van der Waals surface area contributed by atoms with E-state index >= 15 is 0 Å². The number of nitrogens with zero attached hydrogens (tertiary/aromatic N) is 2. The van der Waals surface area contributed by atoms with Crippen molar-refractivity contribution in [3.8, 4) is 0 Å². The minimum absolute atomic E-state index is 0.0245. The van der Waals surface area contributed by atoms with Gasteiger partial charge in [0.1, 0.15) is 6.04 Å². The summed E-state index contributed by atoms with van der Waals surface area (Å²) >= 11 is 0. The van der Waals surface area contributed by atoms with Gasteiger partial charge in [-0.2, -0.15) is 0 Å². The largest absolute Gasteiger partial charge is 0.371 e. The molecule has 0 saturated carbocycles. The van der Waals surface area contributed by atoms with Crippen molar-refractivity contribution in [1.29, 1.82) is 0 Å². The highest BCUT2D eigenvalue weighted by atomic mass is 16.6. The van der Waals surface area contributed by atoms with E-state index in [1.807, 2.05) is 31.2 Å². The molecule has 1 unspecified atom stereocenters. The molecule has 0 spiro atoms. The first-order valence-corrected chi connectivity index (χ1v) is 10.6. The van der Waals surface area contributed by atoms with E-state index in [1.54, 1.807) is 12.1 Å². The van der Waals surface area contributed by atoms with Gasteiger partial charge >= 0.3 is 0 Å². The fourth-order valence-corrected chi connectivity index (χ4v) is 3.71. The second-order valence-electron chi connectivity index (χ2n) is 7.74. The Balaban J connectivity index is 1.60. The first-order valence-electron chi connectivity index (χ1n) is 10.6. The highest BCUT2D eigenvalue weighted by Crippen LogP contribution is 2.23. The molecule has 0 bridgehead atoms. The standard InChI is InChI=1S/C23H28N4O4/c1-2-6-21(25-22(28)15-17-9-11-19(12-10-17)27(30)31)23(29)24-18-7-5-8-20(16-18)26-13-3-4-14-26/h5,7-12,16,21H,2-4,6,13-15H2,1H3,(H,24,29)(H,25,28). The zero-order valence-electron chi connectivity index (χ0n) is 17.7. The fraction of sp³-hybridized carbons (Fsp3) is 0.391. The fourth-order valence-electron chi connectivity index (χ4n) is 3.71. The Morgan fingerprint density at radius 3 is 2.48 bits per heavy atom. The molecular weight excluding hydrogens is 396 g/mol. The van der Waals surface area contributed by atoms with E-state index in [2.05, 4.69) is 15.5 Å². The van der Waals surface area contributed by atoms with Gasteiger partial charge in [-0.3, -0.25) is 19.7 Å². The number of nitro groups is 1. The third kappa shape index (κ3) is 6.28. The number of rotatable bonds is 9. The summed E-state index contributed by atoms with van der Waals surface area (Å²) < 4.78 is 0. The molecule has 1 saturated heterocycles. The zero-order chi connectivity index (χ0) is 22.2. The van der Waals surface area contributed by atoms with Gasteiger partial charge in [-0.05, 0) is 43.0 Å². The smallest absolute Gasteiger partial charge is 0.269 e. The van der Waals surface area contributed by atoms with Gasteiger partial charge in [0.05, 0.1) is 11.3 Å². The van der Waals surface area contributed by atoms with Gasteiger partial charge in [0.25, 0.3) is 5.69 Å². The van der Waals surface area contributed by atoms with Crippen LogP contribution in [0, 0.1) is 10.1 Å². The van der Waals surface area contributed by atoms with Crippen LogP contribution in [0.25, 0.3) is 0 Å². The van der Waals surface area contributed by atoms with Crippen molar-refractivity contribution >= 4 is 28.9 Å². The minimum atomic E-state index is -0.647. The summed E-state index contributed by atoms with van der Waals surface area (Å²) in [5, 5.41) is 16.5. The summed E-state index contributed by atoms with van der Waals surface area (Å²) in [5.74, 6) is -0.550. The van der Waals surface area contributed by atoms with Gasteiger partial charge in [0, 0.05) is 36.6 Å². The van der Waals surface area contributed by atoms with Crippen molar-refractivity contribution in [1.82, 2.24) is 5.32 Å². The quantitative estimate of drug-likeness (QED) is 0.472. The molecule has 31 heavy (non-hydrogen) atoms. The second-order valence-corrected chi connectivity index (χ2v) is 7.74. The number of carbonyl (C=O) groups is 2. The maximum Gasteiger partial charge on any atom is 0.269 e. The van der Waals surface area contributed by atoms with Crippen LogP contribution in [-0.4, -0.2) is 35.9 Å². The first kappa shape index (κ1) is 22.3. The third-order valence-corrected chi connectivity index (χ3v) is 5.33. The molecule has 0 aromatic heterocycles. The minimum Gasteiger partial charge on any atom is -0.371 e. The number of amides is 2. The van der Waals surface area contributed by atoms with Gasteiger partial charge < -0.3 is 15.5 Å². The molecule has 0 aliphatic carbocycles. The van der Waals surface area contributed by atoms with E-state index in [0.29, 0.717) is 17.7 Å². The number of nitro benzene ring substituents is 1. The van der Waals surface area contributed by atoms with Gasteiger partial charge in [0.2, 0.25) is 11.8 Å². The molecule has 2 amide bonds. The molecule has 8 nitrogen and oxygen atoms in total. The SMILES string of the molecule is CCCC(NC(=O)Cc1ccc([N+](=O)[O-])cc1)C(=O)Nc1cccc(N2CCCC2)c1. The molecule has 0 radical (unpaired) electrons. The van der Waals surface area contributed by atoms with Crippen LogP contribution in [0.5, 0.6) is 0 Å². The van der Waals surface area contributed by atoms with Crippen molar-refractivity contribution in [2.75, 3.05) is 23.3 Å². The van der Waals surface area contributed by atoms with E-state index in [1.165, 1.54) is 25.0 Å². The Kier molecular flexibility index (Phi) is 7.59. The molecule has 1 fully saturated rings. The Morgan fingerprint density at radius 1 is 1.13 bits per heavy atom. The lowest BCUT2D eigenvalue weighted by Gasteiger charge is -2.20. The normalized spacial score (nSPS) is 14.2. The summed E-state index contributed by atoms with van der Waals surface area (Å²) in [7, 11) is 0. The number of hydrogen-bond donors (Lipinski definition) is 2. The average Bonchev–Trinajstić information content (AvgIpc) is 3.29. The van der Waals surface area contributed by atoms with Crippen LogP contribution < -0.4 is 15.5 Å². The van der Waals surface area contributed by atoms with E-state index in [0.717, 1.165) is 25.2 Å². The highest BCUT2D eigenvalue weighted by molar-refractivity contribution is 5.97. The predicted octanol–water partition coefficient (Wildman–Crippen LogP) is 3.66. The molecule has 164 valence electrons. The molecular formula is C23H28N4O4. The van der Waals surface area contributed by atoms with Crippen LogP contribution in [0.15, 0.2) is 48.5 Å². The molecule has 2 aromatic rings. The maximum absolute atomic E-state index is 12.8. The second kappa shape index (κ2) is 10.6. The molecule has 1 aliphatic heterocycles. The summed E-state index contributed by atoms with van der Waals surface area (Å²) in [6.45, 7) is 4.00. The van der Waals surface area contributed by atoms with Crippen LogP contribution in [0.2, 0.25) is 0 Å². The lowest BCUT2D eigenvalue weighted by Crippen LogP contribution is -2.44. The number of anilines is 2. The first-order chi connectivity index (χ1) is 15.0. The molecule has 1 atom stereocenters. The monoisotopic (exact) mass is 424 g/mol. The van der Waals surface area contributed by atoms with Crippen molar-refractivity contribution in [2.45, 2.75) is 45.1 Å². The van der Waals surface area contributed by atoms with Crippen LogP contribution in [0.4, 0.5) is 17.1 Å². The number of hydrogen-bond acceptors (Lipinski definition) is 5. The maximum atomic E-state index is 12.8. The van der Waals surface area contributed by atoms with Crippen molar-refractivity contribution in [3.63, 3.8) is 0 Å². The van der Waals surface area contributed by atoms with Crippen LogP contribution in [-0.2, 0) is 16.0 Å². The predicted molar refractivity (Wildman–Crippen MR) is 120 cm³/mol. The van der Waals surface area contributed by atoms with Crippen molar-refractivity contribution < 1.29 is 14.5 Å². The lowest BCUT2D eigenvalue weighted by molar-refractivity contribution is -0.384. The van der Waals surface area contributed by atoms with E-state index in [9.17, 15) is 19.7 Å². The number of nitrogens with one attached hydrogen (secondary N) is 2. The molecule has 2 N–H and O–H groups in total. The molecule has 1 heterocycles. The van der Waals surface area contributed by atoms with E-state index in [4.69, 9.17) is 0 Å². The molecule has 3 rings (SSSR count). The summed E-state index contributed by atoms with van der Waals surface area (Å²) in [6.07, 6.45) is 3.66. The van der Waals surface area contributed by atoms with Gasteiger partial charge in [-0.1, -0.05) is 31.5 Å². The van der Waals surface area contributed by atoms with Gasteiger partial charge in [0.15, 0.2) is 0 Å². The van der Waals surface area contributed by atoms with Crippen LogP contribution in [0.3, 0.4) is 0 Å². The van der Waals surface area contributed by atoms with Crippen molar-refractivity contribution in [3.05, 3.63) is 64.2 Å². The Labute approximate surface area is 181 Å². The topological polar surface area (TPSA) is 105 Å². The van der Waals surface area contributed by atoms with Crippen molar-refractivity contribution in [2.24, 2.45) is 0 Å². The summed E-state index contributed by atoms with van der Waals surface area (Å²) in [4.78, 5) is 37.9. The van der Waals surface area contributed by atoms with Crippen LogP contribution >= 0.6 is 0 Å². The lowest BCUT2D eigenvalue weighted by atomic mass is 10.1. The third-order valence-electron chi connectivity index (χ3n) is 5.33. The average molecular weight is 425 g/mol. The van der Waals surface area contributed by atoms with Gasteiger partial charge in [-0.25, -0.2) is 0 Å². The molecule has 1 aliphatic rings. The Morgan fingerprint density at radius 2 is 1.84 bits per heavy atom. The van der Waals surface area contributed by atoms with E-state index in [-0.39, 0.29) is 23.9 Å². The summed E-state index contributed by atoms with van der Waals surface area (Å²) in [5.41, 5.74) is 2.42. The van der Waals surface area contributed by atoms with Gasteiger partial charge in [-0.15, -0.1) is 0 Å². The molecule has 2 aromatic carbocycles. The van der Waals surface area contributed by atoms with Crippen LogP contribution in [0.1, 0.15) is 38.2 Å².